The number of nitrogens with zero attached hydrogens (tertiary/aromatic N) is 5. The van der Waals surface area contributed by atoms with E-state index < -0.39 is 0 Å². The van der Waals surface area contributed by atoms with Crippen LogP contribution in [-0.4, -0.2) is 39.9 Å². The van der Waals surface area contributed by atoms with Gasteiger partial charge in [-0.1, -0.05) is 0 Å². The molecule has 1 N–H and O–H groups in total. The van der Waals surface area contributed by atoms with Crippen LogP contribution in [0.1, 0.15) is 36.7 Å². The van der Waals surface area contributed by atoms with Gasteiger partial charge in [0.2, 0.25) is 0 Å². The monoisotopic (exact) mass is 338 g/mol. The van der Waals surface area contributed by atoms with Gasteiger partial charge in [0.15, 0.2) is 0 Å². The molecule has 1 aliphatic heterocycles. The Bertz CT molecular complexity index is 752. The number of hydrogen-bond acceptors (Lipinski definition) is 5. The first-order valence-electron chi connectivity index (χ1n) is 8.94. The molecular formula is C19H26N6. The molecule has 2 aromatic heterocycles. The molecule has 6 heteroatoms. The summed E-state index contributed by atoms with van der Waals surface area (Å²) < 4.78 is 2.08. The fraction of sp³-hybridized carbons (Fsp3) is 0.526. The molecule has 0 radical (unpaired) electrons. The van der Waals surface area contributed by atoms with E-state index in [0.717, 1.165) is 44.0 Å². The van der Waals surface area contributed by atoms with E-state index in [2.05, 4.69) is 51.0 Å². The van der Waals surface area contributed by atoms with Gasteiger partial charge in [0.05, 0.1) is 17.8 Å². The lowest BCUT2D eigenvalue weighted by Crippen LogP contribution is -2.47. The van der Waals surface area contributed by atoms with Gasteiger partial charge in [-0.15, -0.1) is 0 Å². The number of aromatic nitrogens is 3. The van der Waals surface area contributed by atoms with Crippen LogP contribution in [-0.2, 0) is 6.54 Å². The van der Waals surface area contributed by atoms with Gasteiger partial charge in [0.1, 0.15) is 11.9 Å². The molecular weight excluding hydrogens is 312 g/mol. The molecule has 3 heterocycles. The van der Waals surface area contributed by atoms with E-state index in [-0.39, 0.29) is 0 Å². The first kappa shape index (κ1) is 17.4. The minimum atomic E-state index is 0.374. The van der Waals surface area contributed by atoms with Crippen molar-refractivity contribution in [3.8, 4) is 6.07 Å². The lowest BCUT2D eigenvalue weighted by atomic mass is 10.0. The van der Waals surface area contributed by atoms with Crippen LogP contribution < -0.4 is 10.2 Å². The number of nitriles is 1. The normalized spacial score (nSPS) is 16.6. The molecule has 0 spiro atoms. The molecule has 3 rings (SSSR count). The van der Waals surface area contributed by atoms with Crippen LogP contribution in [0.25, 0.3) is 0 Å². The number of aryl methyl sites for hydroxylation is 2. The summed E-state index contributed by atoms with van der Waals surface area (Å²) in [5.74, 6) is 0.819. The SMILES string of the molecule is Cc1cc(C)n(C[C@@H](C)NC2CCN(c3ncccc3C#N)CC2)n1. The standard InChI is InChI=1S/C19H26N6/c1-14-11-16(3)25(23-14)13-15(2)22-18-6-9-24(10-7-18)19-17(12-20)5-4-8-21-19/h4-5,8,11,15,18,22H,6-7,9-10,13H2,1-3H3/t15-/m1/s1. The van der Waals surface area contributed by atoms with E-state index >= 15 is 0 Å². The molecule has 1 saturated heterocycles. The average molecular weight is 338 g/mol. The zero-order chi connectivity index (χ0) is 17.8. The number of rotatable bonds is 5. The zero-order valence-electron chi connectivity index (χ0n) is 15.2. The van der Waals surface area contributed by atoms with Crippen molar-refractivity contribution in [2.75, 3.05) is 18.0 Å². The predicted molar refractivity (Wildman–Crippen MR) is 98.5 cm³/mol. The highest BCUT2D eigenvalue weighted by Crippen LogP contribution is 2.21. The van der Waals surface area contributed by atoms with Crippen LogP contribution in [0, 0.1) is 25.2 Å². The third kappa shape index (κ3) is 4.18. The maximum Gasteiger partial charge on any atom is 0.146 e. The summed E-state index contributed by atoms with van der Waals surface area (Å²) in [6.45, 7) is 9.09. The second-order valence-corrected chi connectivity index (χ2v) is 6.92. The Morgan fingerprint density at radius 3 is 2.76 bits per heavy atom. The quantitative estimate of drug-likeness (QED) is 0.906. The van der Waals surface area contributed by atoms with Gasteiger partial charge in [-0.3, -0.25) is 4.68 Å². The Balaban J connectivity index is 1.52. The van der Waals surface area contributed by atoms with Gasteiger partial charge < -0.3 is 10.2 Å². The molecule has 1 fully saturated rings. The maximum absolute atomic E-state index is 9.25. The molecule has 6 nitrogen and oxygen atoms in total. The largest absolute Gasteiger partial charge is 0.355 e. The second kappa shape index (κ2) is 7.66. The van der Waals surface area contributed by atoms with Gasteiger partial charge in [0, 0.05) is 37.1 Å². The fourth-order valence-electron chi connectivity index (χ4n) is 3.57. The van der Waals surface area contributed by atoms with Crippen LogP contribution >= 0.6 is 0 Å². The molecule has 0 aromatic carbocycles. The number of anilines is 1. The van der Waals surface area contributed by atoms with Gasteiger partial charge in [-0.05, 0) is 51.8 Å². The Hall–Kier alpha value is -2.39. The highest BCUT2D eigenvalue weighted by atomic mass is 15.3. The topological polar surface area (TPSA) is 69.8 Å². The van der Waals surface area contributed by atoms with E-state index in [1.54, 1.807) is 6.20 Å². The minimum absolute atomic E-state index is 0.374. The average Bonchev–Trinajstić information content (AvgIpc) is 2.92. The molecule has 0 bridgehead atoms. The Morgan fingerprint density at radius 2 is 2.12 bits per heavy atom. The van der Waals surface area contributed by atoms with Gasteiger partial charge in [0.25, 0.3) is 0 Å². The first-order chi connectivity index (χ1) is 12.1. The highest BCUT2D eigenvalue weighted by Gasteiger charge is 2.23. The minimum Gasteiger partial charge on any atom is -0.355 e. The molecule has 132 valence electrons. The summed E-state index contributed by atoms with van der Waals surface area (Å²) in [5, 5.41) is 17.5. The summed E-state index contributed by atoms with van der Waals surface area (Å²) in [6.07, 6.45) is 3.88. The molecule has 25 heavy (non-hydrogen) atoms. The summed E-state index contributed by atoms with van der Waals surface area (Å²) in [6, 6.07) is 8.88. The smallest absolute Gasteiger partial charge is 0.146 e. The molecule has 0 amide bonds. The van der Waals surface area contributed by atoms with Gasteiger partial charge in [-0.25, -0.2) is 4.98 Å². The van der Waals surface area contributed by atoms with Crippen molar-refractivity contribution in [1.29, 1.82) is 5.26 Å². The van der Waals surface area contributed by atoms with Crippen molar-refractivity contribution in [2.45, 2.75) is 52.2 Å². The summed E-state index contributed by atoms with van der Waals surface area (Å²) in [7, 11) is 0. The molecule has 0 unspecified atom stereocenters. The number of nitrogens with one attached hydrogen (secondary N) is 1. The molecule has 2 aromatic rings. The lowest BCUT2D eigenvalue weighted by Gasteiger charge is -2.35. The van der Waals surface area contributed by atoms with Crippen molar-refractivity contribution in [3.63, 3.8) is 0 Å². The van der Waals surface area contributed by atoms with Crippen molar-refractivity contribution >= 4 is 5.82 Å². The van der Waals surface area contributed by atoms with Crippen molar-refractivity contribution in [2.24, 2.45) is 0 Å². The molecule has 1 aliphatic rings. The third-order valence-electron chi connectivity index (χ3n) is 4.77. The molecule has 0 saturated carbocycles. The van der Waals surface area contributed by atoms with E-state index in [1.165, 1.54) is 5.69 Å². The maximum atomic E-state index is 9.25. The van der Waals surface area contributed by atoms with Crippen molar-refractivity contribution in [1.82, 2.24) is 20.1 Å². The van der Waals surface area contributed by atoms with E-state index in [1.807, 2.05) is 19.1 Å². The fourth-order valence-corrected chi connectivity index (χ4v) is 3.57. The van der Waals surface area contributed by atoms with Crippen LogP contribution in [0.5, 0.6) is 0 Å². The summed E-state index contributed by atoms with van der Waals surface area (Å²) >= 11 is 0. The summed E-state index contributed by atoms with van der Waals surface area (Å²) in [5.41, 5.74) is 2.94. The summed E-state index contributed by atoms with van der Waals surface area (Å²) in [4.78, 5) is 6.62. The lowest BCUT2D eigenvalue weighted by molar-refractivity contribution is 0.346. The van der Waals surface area contributed by atoms with Gasteiger partial charge >= 0.3 is 0 Å². The van der Waals surface area contributed by atoms with E-state index in [9.17, 15) is 5.26 Å². The molecule has 1 atom stereocenters. The predicted octanol–water partition coefficient (Wildman–Crippen LogP) is 2.41. The first-order valence-corrected chi connectivity index (χ1v) is 8.94. The Kier molecular flexibility index (Phi) is 5.34. The van der Waals surface area contributed by atoms with Crippen molar-refractivity contribution in [3.05, 3.63) is 41.3 Å². The van der Waals surface area contributed by atoms with Crippen LogP contribution in [0.2, 0.25) is 0 Å². The van der Waals surface area contributed by atoms with Gasteiger partial charge in [-0.2, -0.15) is 10.4 Å². The van der Waals surface area contributed by atoms with Crippen LogP contribution in [0.3, 0.4) is 0 Å². The Morgan fingerprint density at radius 1 is 1.36 bits per heavy atom. The second-order valence-electron chi connectivity index (χ2n) is 6.92. The number of pyridine rings is 1. The van der Waals surface area contributed by atoms with Crippen LogP contribution in [0.4, 0.5) is 5.82 Å². The van der Waals surface area contributed by atoms with E-state index in [4.69, 9.17) is 0 Å². The zero-order valence-corrected chi connectivity index (χ0v) is 15.2. The van der Waals surface area contributed by atoms with Crippen molar-refractivity contribution < 1.29 is 0 Å². The van der Waals surface area contributed by atoms with Crippen LogP contribution in [0.15, 0.2) is 24.4 Å². The third-order valence-corrected chi connectivity index (χ3v) is 4.77. The Labute approximate surface area is 149 Å². The van der Waals surface area contributed by atoms with E-state index in [0.29, 0.717) is 17.6 Å². The molecule has 0 aliphatic carbocycles. The number of hydrogen-bond donors (Lipinski definition) is 1. The number of piperidine rings is 1. The highest BCUT2D eigenvalue weighted by molar-refractivity contribution is 5.53.